The summed E-state index contributed by atoms with van der Waals surface area (Å²) >= 11 is 5.68. The van der Waals surface area contributed by atoms with Crippen molar-refractivity contribution in [1.29, 1.82) is 0 Å². The Morgan fingerprint density at radius 3 is 2.67 bits per heavy atom. The van der Waals surface area contributed by atoms with Crippen molar-refractivity contribution in [2.75, 3.05) is 31.1 Å². The fourth-order valence-corrected chi connectivity index (χ4v) is 4.07. The minimum Gasteiger partial charge on any atom is -0.360 e. The molecule has 2 N–H and O–H groups in total. The molecule has 1 fully saturated rings. The van der Waals surface area contributed by atoms with Crippen LogP contribution in [0.4, 0.5) is 5.69 Å². The lowest BCUT2D eigenvalue weighted by Crippen LogP contribution is -3.14. The molecule has 0 amide bonds. The minimum absolute atomic E-state index is 0.898. The molecule has 4 heterocycles. The number of hydrogen-bond donors (Lipinski definition) is 1. The molecule has 2 aromatic rings. The zero-order chi connectivity index (χ0) is 16.4. The molecule has 128 valence electrons. The molecule has 2 aliphatic heterocycles. The number of anilines is 1. The van der Waals surface area contributed by atoms with Crippen LogP contribution in [0.5, 0.6) is 0 Å². The van der Waals surface area contributed by atoms with Crippen molar-refractivity contribution >= 4 is 17.9 Å². The van der Waals surface area contributed by atoms with E-state index in [4.69, 9.17) is 17.3 Å². The van der Waals surface area contributed by atoms with Crippen LogP contribution < -0.4 is 14.8 Å². The van der Waals surface area contributed by atoms with E-state index in [1.165, 1.54) is 30.8 Å². The highest BCUT2D eigenvalue weighted by Gasteiger charge is 2.22. The van der Waals surface area contributed by atoms with Gasteiger partial charge in [0, 0.05) is 30.8 Å². The smallest absolute Gasteiger partial charge is 0.202 e. The quantitative estimate of drug-likeness (QED) is 0.814. The van der Waals surface area contributed by atoms with Crippen LogP contribution in [0.1, 0.15) is 25.1 Å². The highest BCUT2D eigenvalue weighted by molar-refractivity contribution is 7.71. The Balaban J connectivity index is 1.40. The second-order valence-corrected chi connectivity index (χ2v) is 7.18. The average molecular weight is 347 g/mol. The van der Waals surface area contributed by atoms with Gasteiger partial charge in [-0.15, -0.1) is 0 Å². The third kappa shape index (κ3) is 3.23. The summed E-state index contributed by atoms with van der Waals surface area (Å²) in [5.74, 6) is 1.19. The van der Waals surface area contributed by atoms with E-state index in [0.717, 1.165) is 50.6 Å². The summed E-state index contributed by atoms with van der Waals surface area (Å²) in [6.45, 7) is 6.36. The molecule has 0 radical (unpaired) electrons. The van der Waals surface area contributed by atoms with Crippen molar-refractivity contribution in [3.63, 3.8) is 0 Å². The van der Waals surface area contributed by atoms with E-state index in [0.29, 0.717) is 0 Å². The van der Waals surface area contributed by atoms with Crippen LogP contribution in [-0.4, -0.2) is 40.5 Å². The van der Waals surface area contributed by atoms with Crippen molar-refractivity contribution in [3.8, 4) is 0 Å². The van der Waals surface area contributed by atoms with E-state index in [1.807, 2.05) is 12.4 Å². The van der Waals surface area contributed by atoms with Crippen LogP contribution in [0.15, 0.2) is 24.5 Å². The zero-order valence-corrected chi connectivity index (χ0v) is 14.9. The largest absolute Gasteiger partial charge is 0.360 e. The average Bonchev–Trinajstić information content (AvgIpc) is 2.79. The molecule has 1 saturated heterocycles. The third-order valence-electron chi connectivity index (χ3n) is 5.19. The molecule has 0 spiro atoms. The van der Waals surface area contributed by atoms with Crippen LogP contribution in [0.25, 0.3) is 0 Å². The minimum atomic E-state index is 0.898. The number of rotatable bonds is 3. The van der Waals surface area contributed by atoms with E-state index < -0.39 is 0 Å². The number of aromatic amines is 1. The van der Waals surface area contributed by atoms with Crippen molar-refractivity contribution in [1.82, 2.24) is 14.3 Å². The number of nitrogens with zero attached hydrogens (tertiary/aromatic N) is 4. The number of aromatic nitrogens is 4. The van der Waals surface area contributed by atoms with Gasteiger partial charge in [0.05, 0.1) is 26.2 Å². The number of quaternary nitrogens is 1. The summed E-state index contributed by atoms with van der Waals surface area (Å²) < 4.78 is 5.25. The van der Waals surface area contributed by atoms with Gasteiger partial charge in [0.2, 0.25) is 4.77 Å². The van der Waals surface area contributed by atoms with Gasteiger partial charge in [-0.2, -0.15) is 9.78 Å². The van der Waals surface area contributed by atoms with E-state index in [1.54, 1.807) is 4.90 Å². The molecule has 0 bridgehead atoms. The maximum absolute atomic E-state index is 5.68. The van der Waals surface area contributed by atoms with Gasteiger partial charge < -0.3 is 14.4 Å². The standard InChI is InChI=1S/C17H24N6S/c24-17-22-9-3-1-2-4-16(22)19-23(17)14-20-10-12-21(13-11-20)15-5-7-18-8-6-15/h5-8H,1-4,9-14H2/p+2. The fraction of sp³-hybridized carbons (Fsp3) is 0.588. The highest BCUT2D eigenvalue weighted by atomic mass is 32.1. The maximum atomic E-state index is 5.68. The molecule has 0 saturated carbocycles. The summed E-state index contributed by atoms with van der Waals surface area (Å²) in [7, 11) is 0. The fourth-order valence-electron chi connectivity index (χ4n) is 3.77. The van der Waals surface area contributed by atoms with E-state index in [9.17, 15) is 0 Å². The van der Waals surface area contributed by atoms with Gasteiger partial charge in [0.25, 0.3) is 0 Å². The molecular weight excluding hydrogens is 320 g/mol. The number of aryl methyl sites for hydroxylation is 1. The molecule has 2 aromatic heterocycles. The maximum Gasteiger partial charge on any atom is 0.202 e. The normalized spacial score (nSPS) is 19.1. The highest BCUT2D eigenvalue weighted by Crippen LogP contribution is 2.14. The molecule has 0 aromatic carbocycles. The Kier molecular flexibility index (Phi) is 4.62. The number of nitrogens with one attached hydrogen (secondary N) is 2. The van der Waals surface area contributed by atoms with Gasteiger partial charge >= 0.3 is 0 Å². The predicted molar refractivity (Wildman–Crippen MR) is 94.5 cm³/mol. The van der Waals surface area contributed by atoms with Crippen LogP contribution in [0, 0.1) is 4.77 Å². The van der Waals surface area contributed by atoms with Crippen molar-refractivity contribution in [3.05, 3.63) is 35.1 Å². The van der Waals surface area contributed by atoms with Gasteiger partial charge in [-0.05, 0) is 25.1 Å². The summed E-state index contributed by atoms with van der Waals surface area (Å²) in [5, 5.41) is 4.82. The molecule has 6 nitrogen and oxygen atoms in total. The number of H-pyrrole nitrogens is 1. The Hall–Kier alpha value is -1.73. The molecule has 2 aliphatic rings. The Morgan fingerprint density at radius 1 is 1.08 bits per heavy atom. The van der Waals surface area contributed by atoms with Crippen LogP contribution in [-0.2, 0) is 19.6 Å². The van der Waals surface area contributed by atoms with Crippen LogP contribution in [0.3, 0.4) is 0 Å². The van der Waals surface area contributed by atoms with E-state index in [-0.39, 0.29) is 0 Å². The summed E-state index contributed by atoms with van der Waals surface area (Å²) in [6, 6.07) is 4.29. The molecule has 0 unspecified atom stereocenters. The summed E-state index contributed by atoms with van der Waals surface area (Å²) in [6.07, 6.45) is 8.82. The first-order chi connectivity index (χ1) is 11.8. The second kappa shape index (κ2) is 7.03. The predicted octanol–water partition coefficient (Wildman–Crippen LogP) is 0.317. The Bertz CT molecular complexity index is 729. The lowest BCUT2D eigenvalue weighted by Gasteiger charge is -2.33. The van der Waals surface area contributed by atoms with Crippen molar-refractivity contribution < 1.29 is 9.88 Å². The van der Waals surface area contributed by atoms with Gasteiger partial charge in [-0.3, -0.25) is 0 Å². The number of pyridine rings is 1. The van der Waals surface area contributed by atoms with Crippen molar-refractivity contribution in [2.45, 2.75) is 38.9 Å². The zero-order valence-electron chi connectivity index (χ0n) is 14.1. The molecule has 0 aliphatic carbocycles. The third-order valence-corrected chi connectivity index (χ3v) is 5.62. The molecule has 7 heteroatoms. The molecule has 24 heavy (non-hydrogen) atoms. The van der Waals surface area contributed by atoms with E-state index >= 15 is 0 Å². The number of hydrogen-bond acceptors (Lipinski definition) is 3. The van der Waals surface area contributed by atoms with Gasteiger partial charge in [0.1, 0.15) is 5.82 Å². The Morgan fingerprint density at radius 2 is 1.88 bits per heavy atom. The number of fused-ring (bicyclic) bond motifs is 1. The number of piperazine rings is 1. The van der Waals surface area contributed by atoms with E-state index in [2.05, 4.69) is 31.3 Å². The molecule has 4 rings (SSSR count). The summed E-state index contributed by atoms with van der Waals surface area (Å²) in [4.78, 5) is 7.12. The topological polar surface area (TPSA) is 44.6 Å². The van der Waals surface area contributed by atoms with Crippen molar-refractivity contribution in [2.24, 2.45) is 0 Å². The van der Waals surface area contributed by atoms with Crippen LogP contribution in [0.2, 0.25) is 0 Å². The first kappa shape index (κ1) is 15.8. The molecular formula is C17H26N6S+2. The lowest BCUT2D eigenvalue weighted by molar-refractivity contribution is -0.924. The summed E-state index contributed by atoms with van der Waals surface area (Å²) in [5.41, 5.74) is 1.30. The lowest BCUT2D eigenvalue weighted by atomic mass is 10.2. The van der Waals surface area contributed by atoms with Crippen LogP contribution >= 0.6 is 12.2 Å². The first-order valence-electron chi connectivity index (χ1n) is 9.02. The Labute approximate surface area is 147 Å². The SMILES string of the molecule is S=c1n(C[NH+]2CCN(c3cc[nH+]cc3)CC2)nc2n1CCCCC2. The monoisotopic (exact) mass is 346 g/mol. The second-order valence-electron chi connectivity index (χ2n) is 6.81. The molecule has 0 atom stereocenters. The first-order valence-corrected chi connectivity index (χ1v) is 9.43. The van der Waals surface area contributed by atoms with Gasteiger partial charge in [-0.25, -0.2) is 4.98 Å². The van der Waals surface area contributed by atoms with Gasteiger partial charge in [0.15, 0.2) is 19.1 Å². The van der Waals surface area contributed by atoms with Gasteiger partial charge in [-0.1, -0.05) is 6.42 Å².